The van der Waals surface area contributed by atoms with Gasteiger partial charge in [0.1, 0.15) is 17.1 Å². The van der Waals surface area contributed by atoms with E-state index in [2.05, 4.69) is 16.1 Å². The number of benzene rings is 1. The summed E-state index contributed by atoms with van der Waals surface area (Å²) in [4.78, 5) is 2.19. The maximum atomic E-state index is 10.8. The van der Waals surface area contributed by atoms with E-state index < -0.39 is 6.10 Å². The Hall–Kier alpha value is -2.83. The van der Waals surface area contributed by atoms with E-state index in [1.807, 2.05) is 61.9 Å². The fraction of sp³-hybridized carbons (Fsp3) is 0.348. The van der Waals surface area contributed by atoms with Crippen molar-refractivity contribution < 1.29 is 13.9 Å². The molecule has 3 aromatic heterocycles. The molecule has 0 saturated heterocycles. The summed E-state index contributed by atoms with van der Waals surface area (Å²) in [7, 11) is 0. The first kappa shape index (κ1) is 19.5. The lowest BCUT2D eigenvalue weighted by Gasteiger charge is -2.24. The zero-order valence-electron chi connectivity index (χ0n) is 17.1. The van der Waals surface area contributed by atoms with Crippen molar-refractivity contribution in [2.45, 2.75) is 46.5 Å². The number of aromatic nitrogens is 2. The van der Waals surface area contributed by atoms with Crippen LogP contribution in [0.4, 0.5) is 0 Å². The highest BCUT2D eigenvalue weighted by molar-refractivity contribution is 5.82. The van der Waals surface area contributed by atoms with Crippen LogP contribution in [-0.2, 0) is 19.6 Å². The van der Waals surface area contributed by atoms with E-state index in [0.717, 1.165) is 39.4 Å². The number of aliphatic hydroxyl groups is 1. The van der Waals surface area contributed by atoms with Crippen molar-refractivity contribution in [1.82, 2.24) is 14.7 Å². The Morgan fingerprint density at radius 2 is 1.93 bits per heavy atom. The Bertz CT molecular complexity index is 1080. The lowest BCUT2D eigenvalue weighted by Crippen LogP contribution is -2.34. The van der Waals surface area contributed by atoms with E-state index in [-0.39, 0.29) is 0 Å². The van der Waals surface area contributed by atoms with E-state index >= 15 is 0 Å². The molecule has 0 fully saturated rings. The Kier molecular flexibility index (Phi) is 5.56. The molecule has 29 heavy (non-hydrogen) atoms. The van der Waals surface area contributed by atoms with Crippen molar-refractivity contribution in [3.8, 4) is 0 Å². The van der Waals surface area contributed by atoms with Gasteiger partial charge in [-0.2, -0.15) is 5.10 Å². The normalized spacial score (nSPS) is 12.9. The van der Waals surface area contributed by atoms with Crippen LogP contribution in [0.25, 0.3) is 11.0 Å². The molecule has 0 spiro atoms. The van der Waals surface area contributed by atoms with Crippen LogP contribution in [0.5, 0.6) is 0 Å². The molecule has 1 atom stereocenters. The SMILES string of the molecule is Cc1cc(C)n(CC(O)CN(Cc2ccco2)Cc2c(C)oc3ccccc23)n1. The minimum absolute atomic E-state index is 0.458. The standard InChI is InChI=1S/C23H27N3O3/c1-16-11-17(2)26(24-16)13-19(27)12-25(14-20-7-6-10-28-20)15-22-18(3)29-23-9-5-4-8-21(22)23/h4-11,19,27H,12-15H2,1-3H3. The summed E-state index contributed by atoms with van der Waals surface area (Å²) in [5.74, 6) is 1.78. The highest BCUT2D eigenvalue weighted by atomic mass is 16.3. The molecular formula is C23H27N3O3. The summed E-state index contributed by atoms with van der Waals surface area (Å²) < 4.78 is 13.4. The number of nitrogens with zero attached hydrogens (tertiary/aromatic N) is 3. The van der Waals surface area contributed by atoms with Crippen molar-refractivity contribution in [2.24, 2.45) is 0 Å². The average molecular weight is 393 g/mol. The van der Waals surface area contributed by atoms with Crippen molar-refractivity contribution >= 4 is 11.0 Å². The van der Waals surface area contributed by atoms with Gasteiger partial charge in [-0.3, -0.25) is 9.58 Å². The molecule has 1 N–H and O–H groups in total. The number of furan rings is 2. The van der Waals surface area contributed by atoms with Crippen molar-refractivity contribution in [3.63, 3.8) is 0 Å². The number of fused-ring (bicyclic) bond motifs is 1. The van der Waals surface area contributed by atoms with Gasteiger partial charge in [-0.1, -0.05) is 18.2 Å². The molecule has 1 aromatic carbocycles. The minimum Gasteiger partial charge on any atom is -0.468 e. The predicted molar refractivity (Wildman–Crippen MR) is 111 cm³/mol. The molecule has 0 radical (unpaired) electrons. The summed E-state index contributed by atoms with van der Waals surface area (Å²) in [6.45, 7) is 8.20. The number of hydrogen-bond acceptors (Lipinski definition) is 5. The second kappa shape index (κ2) is 8.27. The Morgan fingerprint density at radius 1 is 1.10 bits per heavy atom. The fourth-order valence-electron chi connectivity index (χ4n) is 3.86. The monoisotopic (exact) mass is 393 g/mol. The smallest absolute Gasteiger partial charge is 0.134 e. The van der Waals surface area contributed by atoms with Crippen molar-refractivity contribution in [2.75, 3.05) is 6.54 Å². The van der Waals surface area contributed by atoms with Crippen LogP contribution < -0.4 is 0 Å². The highest BCUT2D eigenvalue weighted by Gasteiger charge is 2.19. The molecular weight excluding hydrogens is 366 g/mol. The lowest BCUT2D eigenvalue weighted by molar-refractivity contribution is 0.0838. The Balaban J connectivity index is 1.54. The Morgan fingerprint density at radius 3 is 2.66 bits per heavy atom. The van der Waals surface area contributed by atoms with Crippen molar-refractivity contribution in [1.29, 1.82) is 0 Å². The van der Waals surface area contributed by atoms with Gasteiger partial charge in [0.2, 0.25) is 0 Å². The average Bonchev–Trinajstić information content (AvgIpc) is 3.36. The van der Waals surface area contributed by atoms with Gasteiger partial charge in [0.05, 0.1) is 31.2 Å². The van der Waals surface area contributed by atoms with Gasteiger partial charge in [-0.15, -0.1) is 0 Å². The van der Waals surface area contributed by atoms with Gasteiger partial charge < -0.3 is 13.9 Å². The number of para-hydroxylation sites is 1. The molecule has 3 heterocycles. The van der Waals surface area contributed by atoms with Gasteiger partial charge in [-0.05, 0) is 45.0 Å². The van der Waals surface area contributed by atoms with Crippen LogP contribution >= 0.6 is 0 Å². The first-order valence-electron chi connectivity index (χ1n) is 9.90. The molecule has 1 unspecified atom stereocenters. The molecule has 4 aromatic rings. The zero-order valence-corrected chi connectivity index (χ0v) is 17.1. The summed E-state index contributed by atoms with van der Waals surface area (Å²) >= 11 is 0. The van der Waals surface area contributed by atoms with E-state index in [4.69, 9.17) is 8.83 Å². The van der Waals surface area contributed by atoms with E-state index in [9.17, 15) is 5.11 Å². The van der Waals surface area contributed by atoms with Gasteiger partial charge >= 0.3 is 0 Å². The minimum atomic E-state index is -0.554. The number of aliphatic hydroxyl groups excluding tert-OH is 1. The van der Waals surface area contributed by atoms with E-state index in [0.29, 0.717) is 26.2 Å². The molecule has 0 aliphatic carbocycles. The number of hydrogen-bond donors (Lipinski definition) is 1. The molecule has 152 valence electrons. The highest BCUT2D eigenvalue weighted by Crippen LogP contribution is 2.27. The Labute approximate surface area is 170 Å². The summed E-state index contributed by atoms with van der Waals surface area (Å²) in [5, 5.41) is 16.4. The molecule has 6 heteroatoms. The third-order valence-corrected chi connectivity index (χ3v) is 5.20. The first-order chi connectivity index (χ1) is 14.0. The van der Waals surface area contributed by atoms with Crippen LogP contribution in [0.3, 0.4) is 0 Å². The molecule has 0 bridgehead atoms. The van der Waals surface area contributed by atoms with Crippen LogP contribution in [0.1, 0.15) is 28.5 Å². The van der Waals surface area contributed by atoms with E-state index in [1.54, 1.807) is 6.26 Å². The van der Waals surface area contributed by atoms with Crippen molar-refractivity contribution in [3.05, 3.63) is 77.2 Å². The zero-order chi connectivity index (χ0) is 20.4. The predicted octanol–water partition coefficient (Wildman–Crippen LogP) is 4.21. The number of aryl methyl sites for hydroxylation is 3. The molecule has 0 saturated carbocycles. The summed E-state index contributed by atoms with van der Waals surface area (Å²) in [6, 6.07) is 13.9. The van der Waals surface area contributed by atoms with Crippen LogP contribution in [0, 0.1) is 20.8 Å². The van der Waals surface area contributed by atoms with Crippen LogP contribution in [0.2, 0.25) is 0 Å². The van der Waals surface area contributed by atoms with Gasteiger partial charge in [0.25, 0.3) is 0 Å². The van der Waals surface area contributed by atoms with Gasteiger partial charge in [0.15, 0.2) is 0 Å². The summed E-state index contributed by atoms with van der Waals surface area (Å²) in [5.41, 5.74) is 4.05. The van der Waals surface area contributed by atoms with Gasteiger partial charge in [-0.25, -0.2) is 0 Å². The maximum absolute atomic E-state index is 10.8. The number of rotatable bonds is 8. The summed E-state index contributed by atoms with van der Waals surface area (Å²) in [6.07, 6.45) is 1.12. The third-order valence-electron chi connectivity index (χ3n) is 5.20. The topological polar surface area (TPSA) is 67.6 Å². The molecule has 4 rings (SSSR count). The second-order valence-electron chi connectivity index (χ2n) is 7.64. The third kappa shape index (κ3) is 4.44. The largest absolute Gasteiger partial charge is 0.468 e. The van der Waals surface area contributed by atoms with E-state index in [1.165, 1.54) is 0 Å². The maximum Gasteiger partial charge on any atom is 0.134 e. The molecule has 0 aliphatic heterocycles. The first-order valence-corrected chi connectivity index (χ1v) is 9.90. The van der Waals surface area contributed by atoms with Crippen LogP contribution in [0.15, 0.2) is 57.6 Å². The molecule has 0 amide bonds. The fourth-order valence-corrected chi connectivity index (χ4v) is 3.86. The van der Waals surface area contributed by atoms with Gasteiger partial charge in [0, 0.05) is 29.7 Å². The quantitative estimate of drug-likeness (QED) is 0.486. The molecule has 0 aliphatic rings. The second-order valence-corrected chi connectivity index (χ2v) is 7.64. The molecule has 6 nitrogen and oxygen atoms in total. The lowest BCUT2D eigenvalue weighted by atomic mass is 10.1. The van der Waals surface area contributed by atoms with Crippen LogP contribution in [-0.4, -0.2) is 32.4 Å².